The lowest BCUT2D eigenvalue weighted by atomic mass is 9.90. The molecule has 1 amide bonds. The highest BCUT2D eigenvalue weighted by atomic mass is 32.2. The average molecular weight is 247 g/mol. The first-order valence-electron chi connectivity index (χ1n) is 5.39. The molecule has 0 atom stereocenters. The molecule has 0 aromatic heterocycles. The second-order valence-electron chi connectivity index (χ2n) is 4.39. The Bertz CT molecular complexity index is 241. The third-order valence-electron chi connectivity index (χ3n) is 2.40. The van der Waals surface area contributed by atoms with E-state index in [2.05, 4.69) is 5.32 Å². The molecule has 0 saturated carbocycles. The summed E-state index contributed by atoms with van der Waals surface area (Å²) in [6, 6.07) is 0. The Morgan fingerprint density at radius 3 is 2.50 bits per heavy atom. The topological polar surface area (TPSA) is 66.4 Å². The van der Waals surface area contributed by atoms with Crippen LogP contribution in [0, 0.1) is 5.41 Å². The quantitative estimate of drug-likeness (QED) is 0.641. The van der Waals surface area contributed by atoms with Crippen LogP contribution in [0.15, 0.2) is 0 Å². The average Bonchev–Trinajstić information content (AvgIpc) is 2.17. The van der Waals surface area contributed by atoms with Crippen LogP contribution in [0.1, 0.15) is 33.1 Å². The summed E-state index contributed by atoms with van der Waals surface area (Å²) < 4.78 is 0. The lowest BCUT2D eigenvalue weighted by molar-refractivity contribution is -0.147. The van der Waals surface area contributed by atoms with Gasteiger partial charge in [0.15, 0.2) is 0 Å². The first-order valence-corrected chi connectivity index (χ1v) is 6.78. The van der Waals surface area contributed by atoms with Gasteiger partial charge in [-0.25, -0.2) is 0 Å². The van der Waals surface area contributed by atoms with E-state index in [0.717, 1.165) is 12.2 Å². The summed E-state index contributed by atoms with van der Waals surface area (Å²) in [5.74, 6) is 0.160. The van der Waals surface area contributed by atoms with Crippen molar-refractivity contribution in [3.8, 4) is 0 Å². The van der Waals surface area contributed by atoms with Crippen molar-refractivity contribution < 1.29 is 14.7 Å². The molecule has 94 valence electrons. The summed E-state index contributed by atoms with van der Waals surface area (Å²) in [6.45, 7) is 3.75. The molecule has 0 spiro atoms. The van der Waals surface area contributed by atoms with Gasteiger partial charge >= 0.3 is 5.97 Å². The van der Waals surface area contributed by atoms with Crippen LogP contribution in [0.4, 0.5) is 0 Å². The van der Waals surface area contributed by atoms with Crippen LogP contribution in [0.5, 0.6) is 0 Å². The summed E-state index contributed by atoms with van der Waals surface area (Å²) in [6.07, 6.45) is 3.85. The first kappa shape index (κ1) is 15.3. The van der Waals surface area contributed by atoms with Crippen molar-refractivity contribution >= 4 is 23.6 Å². The molecule has 0 aliphatic carbocycles. The lowest BCUT2D eigenvalue weighted by Crippen LogP contribution is -2.31. The number of carboxylic acid groups (broad SMARTS) is 1. The number of carbonyl (C=O) groups is 2. The van der Waals surface area contributed by atoms with Crippen molar-refractivity contribution in [2.75, 3.05) is 18.6 Å². The molecule has 0 saturated heterocycles. The van der Waals surface area contributed by atoms with Crippen LogP contribution >= 0.6 is 11.8 Å². The predicted octanol–water partition coefficient (Wildman–Crippen LogP) is 1.75. The van der Waals surface area contributed by atoms with Crippen LogP contribution in [-0.2, 0) is 9.59 Å². The molecule has 0 unspecified atom stereocenters. The number of carboxylic acids is 1. The second-order valence-corrected chi connectivity index (χ2v) is 5.37. The van der Waals surface area contributed by atoms with E-state index in [-0.39, 0.29) is 5.91 Å². The third-order valence-corrected chi connectivity index (χ3v) is 3.10. The Morgan fingerprint density at radius 2 is 2.00 bits per heavy atom. The molecule has 16 heavy (non-hydrogen) atoms. The van der Waals surface area contributed by atoms with Gasteiger partial charge in [-0.15, -0.1) is 0 Å². The van der Waals surface area contributed by atoms with Gasteiger partial charge in [0, 0.05) is 13.0 Å². The summed E-state index contributed by atoms with van der Waals surface area (Å²) in [7, 11) is 0. The van der Waals surface area contributed by atoms with Crippen LogP contribution in [0.3, 0.4) is 0 Å². The van der Waals surface area contributed by atoms with Crippen molar-refractivity contribution in [3.05, 3.63) is 0 Å². The fraction of sp³-hybridized carbons (Fsp3) is 0.818. The van der Waals surface area contributed by atoms with Crippen molar-refractivity contribution in [3.63, 3.8) is 0 Å². The molecule has 0 aromatic rings. The summed E-state index contributed by atoms with van der Waals surface area (Å²) in [5, 5.41) is 11.6. The summed E-state index contributed by atoms with van der Waals surface area (Å²) in [4.78, 5) is 22.1. The number of carbonyl (C=O) groups excluding carboxylic acids is 1. The van der Waals surface area contributed by atoms with Crippen molar-refractivity contribution in [2.24, 2.45) is 5.41 Å². The molecule has 5 heteroatoms. The Balaban J connectivity index is 3.65. The predicted molar refractivity (Wildman–Crippen MR) is 66.7 cm³/mol. The second kappa shape index (κ2) is 7.54. The van der Waals surface area contributed by atoms with Gasteiger partial charge in [0.2, 0.25) is 5.91 Å². The molecular weight excluding hydrogens is 226 g/mol. The molecule has 0 bridgehead atoms. The molecular formula is C11H21NO3S. The number of amides is 1. The Kier molecular flexibility index (Phi) is 7.21. The molecule has 0 aliphatic rings. The minimum atomic E-state index is -0.830. The standard InChI is InChI=1S/C11H21NO3S/c1-11(2,10(14)15)6-7-12-9(13)5-4-8-16-3/h4-8H2,1-3H3,(H,12,13)(H,14,15). The van der Waals surface area contributed by atoms with Crippen molar-refractivity contribution in [1.82, 2.24) is 5.32 Å². The number of nitrogens with one attached hydrogen (secondary N) is 1. The smallest absolute Gasteiger partial charge is 0.309 e. The van der Waals surface area contributed by atoms with E-state index in [1.165, 1.54) is 0 Å². The van der Waals surface area contributed by atoms with Gasteiger partial charge in [-0.1, -0.05) is 0 Å². The van der Waals surface area contributed by atoms with E-state index >= 15 is 0 Å². The van der Waals surface area contributed by atoms with Crippen molar-refractivity contribution in [1.29, 1.82) is 0 Å². The van der Waals surface area contributed by atoms with Gasteiger partial charge in [0.25, 0.3) is 0 Å². The third kappa shape index (κ3) is 6.71. The van der Waals surface area contributed by atoms with Gasteiger partial charge in [-0.05, 0) is 38.7 Å². The Hall–Kier alpha value is -0.710. The summed E-state index contributed by atoms with van der Waals surface area (Å²) >= 11 is 1.72. The zero-order chi connectivity index (χ0) is 12.6. The van der Waals surface area contributed by atoms with Crippen molar-refractivity contribution in [2.45, 2.75) is 33.1 Å². The van der Waals surface area contributed by atoms with E-state index in [1.54, 1.807) is 25.6 Å². The van der Waals surface area contributed by atoms with Gasteiger partial charge in [0.1, 0.15) is 0 Å². The fourth-order valence-electron chi connectivity index (χ4n) is 1.09. The van der Waals surface area contributed by atoms with Crippen LogP contribution in [0.25, 0.3) is 0 Å². The molecule has 0 heterocycles. The maximum absolute atomic E-state index is 11.3. The van der Waals surface area contributed by atoms with Gasteiger partial charge in [-0.2, -0.15) is 11.8 Å². The molecule has 2 N–H and O–H groups in total. The zero-order valence-corrected chi connectivity index (χ0v) is 11.0. The molecule has 0 rings (SSSR count). The molecule has 0 aliphatic heterocycles. The van der Waals surface area contributed by atoms with Crippen LogP contribution in [0.2, 0.25) is 0 Å². The highest BCUT2D eigenvalue weighted by Gasteiger charge is 2.26. The molecule has 0 fully saturated rings. The Morgan fingerprint density at radius 1 is 1.38 bits per heavy atom. The monoisotopic (exact) mass is 247 g/mol. The number of thioether (sulfide) groups is 1. The lowest BCUT2D eigenvalue weighted by Gasteiger charge is -2.18. The minimum absolute atomic E-state index is 0.00948. The van der Waals surface area contributed by atoms with E-state index < -0.39 is 11.4 Å². The van der Waals surface area contributed by atoms with Gasteiger partial charge < -0.3 is 10.4 Å². The number of rotatable bonds is 8. The number of aliphatic carboxylic acids is 1. The number of hydrogen-bond acceptors (Lipinski definition) is 3. The van der Waals surface area contributed by atoms with Gasteiger partial charge in [-0.3, -0.25) is 9.59 Å². The van der Waals surface area contributed by atoms with Crippen LogP contribution in [-0.4, -0.2) is 35.5 Å². The molecule has 0 radical (unpaired) electrons. The van der Waals surface area contributed by atoms with Crippen LogP contribution < -0.4 is 5.32 Å². The highest BCUT2D eigenvalue weighted by Crippen LogP contribution is 2.19. The maximum Gasteiger partial charge on any atom is 0.309 e. The van der Waals surface area contributed by atoms with E-state index in [9.17, 15) is 9.59 Å². The summed E-state index contributed by atoms with van der Waals surface area (Å²) in [5.41, 5.74) is -0.771. The zero-order valence-electron chi connectivity index (χ0n) is 10.2. The molecule has 0 aromatic carbocycles. The maximum atomic E-state index is 11.3. The fourth-order valence-corrected chi connectivity index (χ4v) is 1.52. The first-order chi connectivity index (χ1) is 7.40. The van der Waals surface area contributed by atoms with E-state index in [4.69, 9.17) is 5.11 Å². The minimum Gasteiger partial charge on any atom is -0.481 e. The van der Waals surface area contributed by atoms with E-state index in [0.29, 0.717) is 19.4 Å². The normalized spacial score (nSPS) is 11.2. The van der Waals surface area contributed by atoms with Gasteiger partial charge in [0.05, 0.1) is 5.41 Å². The number of hydrogen-bond donors (Lipinski definition) is 2. The largest absolute Gasteiger partial charge is 0.481 e. The molecule has 4 nitrogen and oxygen atoms in total. The highest BCUT2D eigenvalue weighted by molar-refractivity contribution is 7.98. The Labute approximate surface area is 101 Å². The van der Waals surface area contributed by atoms with E-state index in [1.807, 2.05) is 6.26 Å². The SMILES string of the molecule is CSCCCC(=O)NCCC(C)(C)C(=O)O.